The summed E-state index contributed by atoms with van der Waals surface area (Å²) < 4.78 is 0. The van der Waals surface area contributed by atoms with Gasteiger partial charge < -0.3 is 10.2 Å². The van der Waals surface area contributed by atoms with Gasteiger partial charge in [-0.25, -0.2) is 4.79 Å². The maximum absolute atomic E-state index is 12.8. The molecule has 0 unspecified atom stereocenters. The Balaban J connectivity index is 1.42. The van der Waals surface area contributed by atoms with Crippen molar-refractivity contribution in [2.75, 3.05) is 23.7 Å². The molecule has 2 aliphatic heterocycles. The molecule has 2 N–H and O–H groups in total. The number of urea groups is 1. The predicted molar refractivity (Wildman–Crippen MR) is 103 cm³/mol. The van der Waals surface area contributed by atoms with Gasteiger partial charge in [0.05, 0.1) is 12.2 Å². The van der Waals surface area contributed by atoms with Crippen molar-refractivity contribution in [2.24, 2.45) is 5.92 Å². The van der Waals surface area contributed by atoms with E-state index in [0.717, 1.165) is 40.7 Å². The number of fused-ring (bicyclic) bond motifs is 1. The first-order valence-corrected chi connectivity index (χ1v) is 10.4. The highest BCUT2D eigenvalue weighted by molar-refractivity contribution is 7.99. The number of amides is 4. The summed E-state index contributed by atoms with van der Waals surface area (Å²) in [5, 5.41) is 3.70. The molecule has 0 bridgehead atoms. The number of imide groups is 1. The van der Waals surface area contributed by atoms with E-state index in [1.54, 1.807) is 11.8 Å². The third kappa shape index (κ3) is 3.38. The highest BCUT2D eigenvalue weighted by atomic mass is 32.2. The Bertz CT molecular complexity index is 776. The molecule has 2 heterocycles. The zero-order valence-corrected chi connectivity index (χ0v) is 16.2. The lowest BCUT2D eigenvalue weighted by atomic mass is 9.77. The van der Waals surface area contributed by atoms with Crippen molar-refractivity contribution in [1.82, 2.24) is 15.8 Å². The van der Waals surface area contributed by atoms with E-state index >= 15 is 0 Å². The number of carbonyl (C=O) groups is 3. The van der Waals surface area contributed by atoms with E-state index in [1.165, 1.54) is 0 Å². The second-order valence-corrected chi connectivity index (χ2v) is 8.74. The smallest absolute Gasteiger partial charge is 0.344 e. The second kappa shape index (κ2) is 7.07. The fourth-order valence-electron chi connectivity index (χ4n) is 4.04. The Labute approximate surface area is 162 Å². The summed E-state index contributed by atoms with van der Waals surface area (Å²) in [6.07, 6.45) is 3.05. The van der Waals surface area contributed by atoms with Gasteiger partial charge >= 0.3 is 6.03 Å². The summed E-state index contributed by atoms with van der Waals surface area (Å²) in [5.41, 5.74) is 2.69. The summed E-state index contributed by atoms with van der Waals surface area (Å²) in [4.78, 5) is 40.8. The molecule has 1 aromatic rings. The number of nitrogens with one attached hydrogen (secondary N) is 2. The van der Waals surface area contributed by atoms with Crippen molar-refractivity contribution in [2.45, 2.75) is 43.0 Å². The minimum atomic E-state index is -0.842. The number of nitrogens with zero attached hydrogens (tertiary/aromatic N) is 2. The fourth-order valence-corrected chi connectivity index (χ4v) is 5.09. The summed E-state index contributed by atoms with van der Waals surface area (Å²) >= 11 is 1.77. The number of hydrogen-bond acceptors (Lipinski definition) is 5. The molecule has 3 aliphatic rings. The maximum Gasteiger partial charge on any atom is 0.344 e. The van der Waals surface area contributed by atoms with Gasteiger partial charge in [-0.2, -0.15) is 5.01 Å². The van der Waals surface area contributed by atoms with Crippen LogP contribution < -0.4 is 15.6 Å². The zero-order valence-electron chi connectivity index (χ0n) is 15.4. The van der Waals surface area contributed by atoms with Crippen molar-refractivity contribution in [3.63, 3.8) is 0 Å². The van der Waals surface area contributed by atoms with Crippen molar-refractivity contribution in [3.05, 3.63) is 24.3 Å². The largest absolute Gasteiger partial charge is 0.360 e. The molecule has 1 saturated heterocycles. The number of para-hydroxylation sites is 1. The van der Waals surface area contributed by atoms with Crippen molar-refractivity contribution >= 4 is 35.3 Å². The predicted octanol–water partition coefficient (Wildman–Crippen LogP) is 2.13. The average molecular weight is 388 g/mol. The van der Waals surface area contributed by atoms with Gasteiger partial charge in [0, 0.05) is 17.2 Å². The van der Waals surface area contributed by atoms with Crippen LogP contribution in [0.4, 0.5) is 10.5 Å². The van der Waals surface area contributed by atoms with Gasteiger partial charge in [-0.3, -0.25) is 15.0 Å². The van der Waals surface area contributed by atoms with Crippen LogP contribution in [0, 0.1) is 5.92 Å². The lowest BCUT2D eigenvalue weighted by molar-refractivity contribution is -0.139. The molecule has 7 nitrogen and oxygen atoms in total. The standard InChI is InChI=1S/C19H24N4O3S/c1-13-6-8-19(9-7-13)17(25)23(18(26)20-19)21-16(24)12-22-10-11-27-15-5-3-2-4-14(15)22/h2-5,13H,6-12H2,1H3,(H,20,26)(H,21,24). The molecule has 1 aliphatic carbocycles. The third-order valence-electron chi connectivity index (χ3n) is 5.69. The molecule has 4 amide bonds. The molecule has 144 valence electrons. The molecular weight excluding hydrogens is 364 g/mol. The topological polar surface area (TPSA) is 81.8 Å². The summed E-state index contributed by atoms with van der Waals surface area (Å²) in [5.74, 6) is 0.763. The van der Waals surface area contributed by atoms with E-state index in [9.17, 15) is 14.4 Å². The molecule has 1 spiro atoms. The lowest BCUT2D eigenvalue weighted by Crippen LogP contribution is -2.53. The maximum atomic E-state index is 12.8. The molecule has 8 heteroatoms. The number of carbonyl (C=O) groups excluding carboxylic acids is 3. The number of thioether (sulfide) groups is 1. The third-order valence-corrected chi connectivity index (χ3v) is 6.73. The van der Waals surface area contributed by atoms with Crippen LogP contribution in [0.15, 0.2) is 29.2 Å². The van der Waals surface area contributed by atoms with E-state index in [0.29, 0.717) is 18.8 Å². The molecule has 1 saturated carbocycles. The van der Waals surface area contributed by atoms with Crippen molar-refractivity contribution in [1.29, 1.82) is 0 Å². The van der Waals surface area contributed by atoms with Crippen LogP contribution in [-0.2, 0) is 9.59 Å². The van der Waals surface area contributed by atoms with E-state index in [4.69, 9.17) is 0 Å². The Morgan fingerprint density at radius 2 is 2.04 bits per heavy atom. The van der Waals surface area contributed by atoms with Crippen LogP contribution in [0.3, 0.4) is 0 Å². The number of hydrazine groups is 1. The first-order chi connectivity index (χ1) is 13.0. The monoisotopic (exact) mass is 388 g/mol. The Kier molecular flexibility index (Phi) is 4.75. The Morgan fingerprint density at radius 3 is 2.81 bits per heavy atom. The fraction of sp³-hybridized carbons (Fsp3) is 0.526. The minimum Gasteiger partial charge on any atom is -0.360 e. The molecule has 1 aromatic carbocycles. The highest BCUT2D eigenvalue weighted by Gasteiger charge is 2.52. The van der Waals surface area contributed by atoms with Crippen molar-refractivity contribution in [3.8, 4) is 0 Å². The van der Waals surface area contributed by atoms with Gasteiger partial charge in [0.2, 0.25) is 0 Å². The molecule has 2 fully saturated rings. The van der Waals surface area contributed by atoms with Crippen LogP contribution >= 0.6 is 11.8 Å². The normalized spacial score (nSPS) is 27.5. The van der Waals surface area contributed by atoms with E-state index in [-0.39, 0.29) is 18.4 Å². The number of anilines is 1. The van der Waals surface area contributed by atoms with E-state index in [2.05, 4.69) is 17.7 Å². The van der Waals surface area contributed by atoms with Gasteiger partial charge in [0.1, 0.15) is 5.54 Å². The molecule has 0 atom stereocenters. The SMILES string of the molecule is CC1CCC2(CC1)NC(=O)N(NC(=O)CN1CCSc3ccccc31)C2=O. The summed E-state index contributed by atoms with van der Waals surface area (Å²) in [6.45, 7) is 3.01. The molecule has 4 rings (SSSR count). The highest BCUT2D eigenvalue weighted by Crippen LogP contribution is 2.36. The second-order valence-electron chi connectivity index (χ2n) is 7.61. The zero-order chi connectivity index (χ0) is 19.0. The van der Waals surface area contributed by atoms with Crippen LogP contribution in [0.5, 0.6) is 0 Å². The molecule has 27 heavy (non-hydrogen) atoms. The van der Waals surface area contributed by atoms with Crippen LogP contribution in [0.2, 0.25) is 0 Å². The number of benzene rings is 1. The van der Waals surface area contributed by atoms with Gasteiger partial charge in [0.15, 0.2) is 0 Å². The van der Waals surface area contributed by atoms with Crippen LogP contribution in [0.25, 0.3) is 0 Å². The average Bonchev–Trinajstić information content (AvgIpc) is 2.89. The first kappa shape index (κ1) is 18.2. The summed E-state index contributed by atoms with van der Waals surface area (Å²) in [7, 11) is 0. The van der Waals surface area contributed by atoms with Crippen LogP contribution in [-0.4, -0.2) is 47.2 Å². The van der Waals surface area contributed by atoms with Crippen molar-refractivity contribution < 1.29 is 14.4 Å². The van der Waals surface area contributed by atoms with Gasteiger partial charge in [-0.1, -0.05) is 19.1 Å². The quantitative estimate of drug-likeness (QED) is 0.776. The van der Waals surface area contributed by atoms with Gasteiger partial charge in [-0.15, -0.1) is 11.8 Å². The van der Waals surface area contributed by atoms with Gasteiger partial charge in [-0.05, 0) is 43.7 Å². The lowest BCUT2D eigenvalue weighted by Gasteiger charge is -2.33. The first-order valence-electron chi connectivity index (χ1n) is 9.41. The van der Waals surface area contributed by atoms with E-state index < -0.39 is 11.6 Å². The Hall–Kier alpha value is -2.22. The number of hydrogen-bond donors (Lipinski definition) is 2. The van der Waals surface area contributed by atoms with E-state index in [1.807, 2.05) is 29.2 Å². The summed E-state index contributed by atoms with van der Waals surface area (Å²) in [6, 6.07) is 7.42. The van der Waals surface area contributed by atoms with Crippen LogP contribution in [0.1, 0.15) is 32.6 Å². The Morgan fingerprint density at radius 1 is 1.30 bits per heavy atom. The number of rotatable bonds is 3. The van der Waals surface area contributed by atoms with Gasteiger partial charge in [0.25, 0.3) is 11.8 Å². The molecular formula is C19H24N4O3S. The molecule has 0 radical (unpaired) electrons. The molecule has 0 aromatic heterocycles. The minimum absolute atomic E-state index is 0.110.